The lowest BCUT2D eigenvalue weighted by Crippen LogP contribution is -2.31. The number of carbonyl (C=O) groups excluding carboxylic acids is 1. The van der Waals surface area contributed by atoms with Crippen LogP contribution in [0.4, 0.5) is 5.69 Å². The third-order valence-electron chi connectivity index (χ3n) is 4.63. The van der Waals surface area contributed by atoms with E-state index in [1.54, 1.807) is 37.3 Å². The van der Waals surface area contributed by atoms with Crippen LogP contribution >= 0.6 is 0 Å². The van der Waals surface area contributed by atoms with Gasteiger partial charge in [-0.3, -0.25) is 9.59 Å². The molecule has 0 unspecified atom stereocenters. The zero-order valence-corrected chi connectivity index (χ0v) is 16.4. The van der Waals surface area contributed by atoms with Gasteiger partial charge in [-0.1, -0.05) is 26.0 Å². The number of carbonyl (C=O) groups is 1. The van der Waals surface area contributed by atoms with E-state index in [2.05, 4.69) is 33.8 Å². The Bertz CT molecular complexity index is 1040. The van der Waals surface area contributed by atoms with Crippen molar-refractivity contribution in [1.29, 1.82) is 0 Å². The number of anilines is 1. The maximum Gasteiger partial charge on any atom is 0.255 e. The van der Waals surface area contributed by atoms with Gasteiger partial charge in [0, 0.05) is 36.4 Å². The fourth-order valence-electron chi connectivity index (χ4n) is 2.85. The lowest BCUT2D eigenvalue weighted by Gasteiger charge is -2.19. The minimum Gasteiger partial charge on any atom is -0.315 e. The van der Waals surface area contributed by atoms with Crippen molar-refractivity contribution in [1.82, 2.24) is 19.9 Å². The number of likely N-dealkylation sites (N-methyl/N-ethyl adjacent to an activating group) is 1. The van der Waals surface area contributed by atoms with E-state index in [9.17, 15) is 9.59 Å². The van der Waals surface area contributed by atoms with Gasteiger partial charge in [0.15, 0.2) is 11.6 Å². The second kappa shape index (κ2) is 8.12. The molecular weight excluding hydrogens is 354 g/mol. The predicted octanol–water partition coefficient (Wildman–Crippen LogP) is 2.86. The molecule has 2 aromatic heterocycles. The summed E-state index contributed by atoms with van der Waals surface area (Å²) in [5.41, 5.74) is 2.43. The fraction of sp³-hybridized carbons (Fsp3) is 0.286. The smallest absolute Gasteiger partial charge is 0.255 e. The van der Waals surface area contributed by atoms with Crippen LogP contribution in [0.2, 0.25) is 0 Å². The van der Waals surface area contributed by atoms with Crippen molar-refractivity contribution in [2.75, 3.05) is 11.9 Å². The summed E-state index contributed by atoms with van der Waals surface area (Å²) in [6.07, 6.45) is 3.12. The maximum absolute atomic E-state index is 12.8. The van der Waals surface area contributed by atoms with Crippen LogP contribution in [-0.2, 0) is 11.2 Å². The van der Waals surface area contributed by atoms with Gasteiger partial charge in [-0.2, -0.15) is 0 Å². The highest BCUT2D eigenvalue weighted by atomic mass is 16.2. The molecule has 0 radical (unpaired) electrons. The summed E-state index contributed by atoms with van der Waals surface area (Å²) in [5.74, 6) is 0.811. The van der Waals surface area contributed by atoms with E-state index in [0.717, 1.165) is 11.3 Å². The molecule has 0 atom stereocenters. The van der Waals surface area contributed by atoms with E-state index in [4.69, 9.17) is 0 Å². The standard InChI is InChI=1S/C21H23N5O2/c1-13(2)15-7-5-8-16(11-15)26(4)18(27)12-17-14(3)24-20(25-21(17)28)19-22-9-6-10-23-19/h5-11,13H,12H2,1-4H3,(H,24,25,28). The van der Waals surface area contributed by atoms with Gasteiger partial charge < -0.3 is 9.88 Å². The van der Waals surface area contributed by atoms with Gasteiger partial charge in [-0.25, -0.2) is 15.0 Å². The van der Waals surface area contributed by atoms with Crippen molar-refractivity contribution in [3.05, 3.63) is 69.9 Å². The largest absolute Gasteiger partial charge is 0.315 e. The van der Waals surface area contributed by atoms with Crippen LogP contribution < -0.4 is 10.5 Å². The Morgan fingerprint density at radius 3 is 2.54 bits per heavy atom. The number of hydrogen-bond donors (Lipinski definition) is 1. The van der Waals surface area contributed by atoms with Gasteiger partial charge in [-0.15, -0.1) is 0 Å². The second-order valence-electron chi connectivity index (χ2n) is 6.93. The Morgan fingerprint density at radius 2 is 1.89 bits per heavy atom. The molecule has 7 heteroatoms. The molecule has 0 aliphatic rings. The number of amides is 1. The van der Waals surface area contributed by atoms with Gasteiger partial charge in [0.25, 0.3) is 5.56 Å². The third-order valence-corrected chi connectivity index (χ3v) is 4.63. The van der Waals surface area contributed by atoms with Gasteiger partial charge in [0.05, 0.1) is 6.42 Å². The Kier molecular flexibility index (Phi) is 5.63. The SMILES string of the molecule is Cc1nc(-c2ncccn2)[nH]c(=O)c1CC(=O)N(C)c1cccc(C(C)C)c1. The molecule has 1 N–H and O–H groups in total. The Hall–Kier alpha value is -3.35. The molecule has 144 valence electrons. The van der Waals surface area contributed by atoms with E-state index in [1.807, 2.05) is 24.3 Å². The lowest BCUT2D eigenvalue weighted by molar-refractivity contribution is -0.117. The monoisotopic (exact) mass is 377 g/mol. The Balaban J connectivity index is 1.84. The second-order valence-corrected chi connectivity index (χ2v) is 6.93. The summed E-state index contributed by atoms with van der Waals surface area (Å²) < 4.78 is 0. The number of aromatic nitrogens is 4. The van der Waals surface area contributed by atoms with Crippen LogP contribution in [0.5, 0.6) is 0 Å². The normalized spacial score (nSPS) is 10.9. The zero-order valence-electron chi connectivity index (χ0n) is 16.4. The number of H-pyrrole nitrogens is 1. The summed E-state index contributed by atoms with van der Waals surface area (Å²) in [4.78, 5) is 42.1. The van der Waals surface area contributed by atoms with E-state index in [-0.39, 0.29) is 23.7 Å². The minimum atomic E-state index is -0.354. The van der Waals surface area contributed by atoms with E-state index < -0.39 is 0 Å². The maximum atomic E-state index is 12.8. The van der Waals surface area contributed by atoms with Gasteiger partial charge in [0.2, 0.25) is 5.91 Å². The van der Waals surface area contributed by atoms with Crippen LogP contribution in [0, 0.1) is 6.92 Å². The molecular formula is C21H23N5O2. The number of aryl methyl sites for hydroxylation is 1. The molecule has 1 aromatic carbocycles. The fourth-order valence-corrected chi connectivity index (χ4v) is 2.85. The molecule has 3 aromatic rings. The van der Waals surface area contributed by atoms with Crippen molar-refractivity contribution < 1.29 is 4.79 Å². The first-order valence-electron chi connectivity index (χ1n) is 9.10. The van der Waals surface area contributed by atoms with Crippen molar-refractivity contribution in [3.63, 3.8) is 0 Å². The van der Waals surface area contributed by atoms with Crippen LogP contribution in [0.25, 0.3) is 11.6 Å². The average Bonchev–Trinajstić information content (AvgIpc) is 2.70. The highest BCUT2D eigenvalue weighted by Crippen LogP contribution is 2.21. The zero-order chi connectivity index (χ0) is 20.3. The van der Waals surface area contributed by atoms with Gasteiger partial charge in [0.1, 0.15) is 0 Å². The molecule has 0 saturated carbocycles. The highest BCUT2D eigenvalue weighted by Gasteiger charge is 2.18. The molecule has 0 spiro atoms. The first-order chi connectivity index (χ1) is 13.4. The van der Waals surface area contributed by atoms with E-state index in [0.29, 0.717) is 23.0 Å². The minimum absolute atomic E-state index is 0.0352. The van der Waals surface area contributed by atoms with Crippen molar-refractivity contribution in [3.8, 4) is 11.6 Å². The van der Waals surface area contributed by atoms with Crippen molar-refractivity contribution in [2.24, 2.45) is 0 Å². The predicted molar refractivity (Wildman–Crippen MR) is 108 cm³/mol. The number of hydrogen-bond acceptors (Lipinski definition) is 5. The molecule has 28 heavy (non-hydrogen) atoms. The quantitative estimate of drug-likeness (QED) is 0.738. The Morgan fingerprint density at radius 1 is 1.18 bits per heavy atom. The lowest BCUT2D eigenvalue weighted by atomic mass is 10.0. The summed E-state index contributed by atoms with van der Waals surface area (Å²) in [5, 5.41) is 0. The van der Waals surface area contributed by atoms with Crippen LogP contribution in [0.15, 0.2) is 47.5 Å². The molecule has 2 heterocycles. The Labute approximate surface area is 163 Å². The number of benzene rings is 1. The van der Waals surface area contributed by atoms with Gasteiger partial charge >= 0.3 is 0 Å². The number of aromatic amines is 1. The number of rotatable bonds is 5. The third kappa shape index (κ3) is 4.14. The first kappa shape index (κ1) is 19.4. The molecule has 0 fully saturated rings. The molecule has 0 aliphatic carbocycles. The molecule has 0 bridgehead atoms. The average molecular weight is 377 g/mol. The van der Waals surface area contributed by atoms with Crippen molar-refractivity contribution in [2.45, 2.75) is 33.1 Å². The van der Waals surface area contributed by atoms with Crippen LogP contribution in [-0.4, -0.2) is 32.9 Å². The molecule has 1 amide bonds. The summed E-state index contributed by atoms with van der Waals surface area (Å²) in [6, 6.07) is 9.53. The summed E-state index contributed by atoms with van der Waals surface area (Å²) >= 11 is 0. The molecule has 3 rings (SSSR count). The topological polar surface area (TPSA) is 91.8 Å². The van der Waals surface area contributed by atoms with Crippen LogP contribution in [0.1, 0.15) is 36.6 Å². The molecule has 0 aliphatic heterocycles. The number of nitrogens with one attached hydrogen (secondary N) is 1. The van der Waals surface area contributed by atoms with E-state index in [1.165, 1.54) is 0 Å². The molecule has 0 saturated heterocycles. The van der Waals surface area contributed by atoms with Crippen LogP contribution in [0.3, 0.4) is 0 Å². The highest BCUT2D eigenvalue weighted by molar-refractivity contribution is 5.94. The first-order valence-corrected chi connectivity index (χ1v) is 9.10. The van der Waals surface area contributed by atoms with Gasteiger partial charge in [-0.05, 0) is 36.6 Å². The summed E-state index contributed by atoms with van der Waals surface area (Å²) in [7, 11) is 1.71. The van der Waals surface area contributed by atoms with Crippen molar-refractivity contribution >= 4 is 11.6 Å². The molecule has 7 nitrogen and oxygen atoms in total. The number of nitrogens with zero attached hydrogens (tertiary/aromatic N) is 4. The van der Waals surface area contributed by atoms with E-state index >= 15 is 0 Å². The summed E-state index contributed by atoms with van der Waals surface area (Å²) in [6.45, 7) is 5.92.